The van der Waals surface area contributed by atoms with E-state index in [1.54, 1.807) is 13.8 Å². The minimum absolute atomic E-state index is 0.0465. The van der Waals surface area contributed by atoms with Gasteiger partial charge in [-0.2, -0.15) is 11.8 Å². The van der Waals surface area contributed by atoms with Crippen molar-refractivity contribution >= 4 is 17.7 Å². The molecule has 0 aliphatic heterocycles. The molecule has 3 N–H and O–H groups in total. The maximum atomic E-state index is 10.8. The van der Waals surface area contributed by atoms with Crippen LogP contribution in [-0.4, -0.2) is 27.6 Å². The minimum atomic E-state index is -1.03. The van der Waals surface area contributed by atoms with Crippen LogP contribution in [0.25, 0.3) is 0 Å². The van der Waals surface area contributed by atoms with Gasteiger partial charge in [-0.3, -0.25) is 4.79 Å². The van der Waals surface area contributed by atoms with Crippen LogP contribution in [0.15, 0.2) is 24.3 Å². The van der Waals surface area contributed by atoms with Crippen molar-refractivity contribution in [2.45, 2.75) is 24.6 Å². The lowest BCUT2D eigenvalue weighted by molar-refractivity contribution is -0.139. The van der Waals surface area contributed by atoms with Gasteiger partial charge in [0.2, 0.25) is 0 Å². The number of nitrogens with two attached hydrogens (primary N) is 1. The minimum Gasteiger partial charge on any atom is -0.480 e. The van der Waals surface area contributed by atoms with Gasteiger partial charge in [0, 0.05) is 17.8 Å². The Hall–Kier alpha value is -0.740. The quantitative estimate of drug-likeness (QED) is 0.751. The van der Waals surface area contributed by atoms with Crippen LogP contribution >= 0.6 is 11.8 Å². The number of hydrogen-bond donors (Lipinski definition) is 2. The number of aliphatic carboxylic acids is 1. The van der Waals surface area contributed by atoms with E-state index in [-0.39, 0.29) is 5.92 Å². The van der Waals surface area contributed by atoms with Crippen LogP contribution in [0.2, 0.25) is 0 Å². The number of hydrogen-bond acceptors (Lipinski definition) is 3. The normalized spacial score (nSPS) is 21.4. The first kappa shape index (κ1) is 10.8. The van der Waals surface area contributed by atoms with Crippen molar-refractivity contribution in [1.29, 1.82) is 0 Å². The zero-order valence-corrected chi connectivity index (χ0v) is 9.70. The zero-order chi connectivity index (χ0) is 12.3. The van der Waals surface area contributed by atoms with E-state index in [1.807, 2.05) is 24.3 Å². The lowest BCUT2D eigenvalue weighted by atomic mass is 10.1. The van der Waals surface area contributed by atoms with E-state index < -0.39 is 22.5 Å². The van der Waals surface area contributed by atoms with Gasteiger partial charge < -0.3 is 10.8 Å². The summed E-state index contributed by atoms with van der Waals surface area (Å²) in [6.45, 7) is 3.53. The summed E-state index contributed by atoms with van der Waals surface area (Å²) in [5, 5.41) is 8.87. The molecule has 1 aliphatic carbocycles. The van der Waals surface area contributed by atoms with Gasteiger partial charge in [0.1, 0.15) is 6.04 Å². The largest absolute Gasteiger partial charge is 0.480 e. The van der Waals surface area contributed by atoms with Crippen molar-refractivity contribution in [2.24, 2.45) is 11.7 Å². The molecule has 4 heteroatoms. The Bertz CT molecular complexity index is 316. The number of rotatable bonds is 5. The van der Waals surface area contributed by atoms with Crippen molar-refractivity contribution in [3.05, 3.63) is 24.3 Å². The second-order valence-electron chi connectivity index (χ2n) is 4.02. The highest BCUT2D eigenvalue weighted by molar-refractivity contribution is 8.00. The number of carboxylic acids is 1. The number of allylic oxidation sites excluding steroid dienone is 4. The van der Waals surface area contributed by atoms with Crippen molar-refractivity contribution in [3.63, 3.8) is 0 Å². The van der Waals surface area contributed by atoms with Crippen LogP contribution in [0.5, 0.6) is 0 Å². The first-order valence-electron chi connectivity index (χ1n) is 5.36. The predicted molar refractivity (Wildman–Crippen MR) is 63.9 cm³/mol. The molecule has 0 heterocycles. The monoisotopic (exact) mass is 228 g/mol. The summed E-state index contributed by atoms with van der Waals surface area (Å²) in [6.07, 6.45) is 7.67. The molecule has 3 nitrogen and oxygen atoms in total. The van der Waals surface area contributed by atoms with Gasteiger partial charge in [-0.1, -0.05) is 24.3 Å². The van der Waals surface area contributed by atoms with Gasteiger partial charge >= 0.3 is 5.97 Å². The third-order valence-corrected chi connectivity index (χ3v) is 3.63. The first-order valence-corrected chi connectivity index (χ1v) is 5.66. The van der Waals surface area contributed by atoms with Crippen molar-refractivity contribution in [2.75, 3.05) is 5.73 Å². The summed E-state index contributed by atoms with van der Waals surface area (Å²) < 4.78 is 7.32. The van der Waals surface area contributed by atoms with E-state index in [1.165, 1.54) is 11.8 Å². The van der Waals surface area contributed by atoms with Gasteiger partial charge in [-0.15, -0.1) is 0 Å². The topological polar surface area (TPSA) is 63.3 Å². The molecule has 0 amide bonds. The third-order valence-electron chi connectivity index (χ3n) is 2.32. The molecule has 84 valence electrons. The smallest absolute Gasteiger partial charge is 0.321 e. The summed E-state index contributed by atoms with van der Waals surface area (Å²) in [5.41, 5.74) is 5.18. The molecule has 0 bridgehead atoms. The Morgan fingerprint density at radius 2 is 2.20 bits per heavy atom. The van der Waals surface area contributed by atoms with Crippen LogP contribution in [-0.2, 0) is 4.79 Å². The molecule has 0 fully saturated rings. The van der Waals surface area contributed by atoms with Gasteiger partial charge in [0.05, 0.1) is 0 Å². The van der Waals surface area contributed by atoms with E-state index in [0.29, 0.717) is 0 Å². The predicted octanol–water partition coefficient (Wildman–Crippen LogP) is 1.65. The van der Waals surface area contributed by atoms with E-state index in [4.69, 9.17) is 12.2 Å². The Morgan fingerprint density at radius 1 is 1.67 bits per heavy atom. The molecule has 1 aliphatic rings. The van der Waals surface area contributed by atoms with E-state index in [2.05, 4.69) is 0 Å². The standard InChI is InChI=1S/C11H17NO2S/c1-11(2,9(12)10(13)14)15-7-8-5-3-4-6-8/h3-6,8-9H,7,12H2,1-2H3,(H,13,14)/t9-/m1/s1/i7D/t7?,9-. The Labute approximate surface area is 95.8 Å². The van der Waals surface area contributed by atoms with Crippen LogP contribution in [0.4, 0.5) is 0 Å². The molecule has 15 heavy (non-hydrogen) atoms. The molecule has 0 spiro atoms. The summed E-state index contributed by atoms with van der Waals surface area (Å²) in [6, 6.07) is -0.959. The molecule has 2 atom stereocenters. The molecule has 1 rings (SSSR count). The SMILES string of the molecule is [2H]C(SC(C)(C)[C@H](N)C(=O)O)C1C=CC=C1. The summed E-state index contributed by atoms with van der Waals surface area (Å²) in [5.74, 6) is -0.979. The Balaban J connectivity index is 2.61. The number of carbonyl (C=O) groups is 1. The van der Waals surface area contributed by atoms with Crippen LogP contribution in [0, 0.1) is 5.92 Å². The highest BCUT2D eigenvalue weighted by atomic mass is 32.2. The van der Waals surface area contributed by atoms with E-state index in [0.717, 1.165) is 0 Å². The Morgan fingerprint density at radius 3 is 2.67 bits per heavy atom. The maximum Gasteiger partial charge on any atom is 0.321 e. The highest BCUT2D eigenvalue weighted by Gasteiger charge is 2.32. The van der Waals surface area contributed by atoms with Crippen LogP contribution < -0.4 is 5.73 Å². The molecule has 1 unspecified atom stereocenters. The second kappa shape index (κ2) is 4.86. The van der Waals surface area contributed by atoms with Gasteiger partial charge in [0.25, 0.3) is 0 Å². The van der Waals surface area contributed by atoms with Gasteiger partial charge in [-0.25, -0.2) is 0 Å². The highest BCUT2D eigenvalue weighted by Crippen LogP contribution is 2.30. The molecule has 0 aromatic heterocycles. The fraction of sp³-hybridized carbons (Fsp3) is 0.545. The van der Waals surface area contributed by atoms with Crippen LogP contribution in [0.3, 0.4) is 0 Å². The Kier molecular flexibility index (Phi) is 3.49. The molecular weight excluding hydrogens is 210 g/mol. The van der Waals surface area contributed by atoms with Crippen molar-refractivity contribution in [3.8, 4) is 0 Å². The third kappa shape index (κ3) is 3.39. The molecule has 0 saturated carbocycles. The molecule has 0 saturated heterocycles. The fourth-order valence-electron chi connectivity index (χ4n) is 1.16. The number of thioether (sulfide) groups is 1. The van der Waals surface area contributed by atoms with Gasteiger partial charge in [0.15, 0.2) is 0 Å². The first-order chi connectivity index (χ1) is 7.34. The lowest BCUT2D eigenvalue weighted by Crippen LogP contribution is -2.47. The molecular formula is C11H17NO2S. The summed E-state index contributed by atoms with van der Waals surface area (Å²) in [7, 11) is 0. The van der Waals surface area contributed by atoms with Gasteiger partial charge in [-0.05, 0) is 13.8 Å². The lowest BCUT2D eigenvalue weighted by Gasteiger charge is -2.28. The molecule has 0 aromatic carbocycles. The average Bonchev–Trinajstić information content (AvgIpc) is 2.68. The zero-order valence-electron chi connectivity index (χ0n) is 9.88. The van der Waals surface area contributed by atoms with E-state index >= 15 is 0 Å². The van der Waals surface area contributed by atoms with E-state index in [9.17, 15) is 4.79 Å². The van der Waals surface area contributed by atoms with Crippen molar-refractivity contribution in [1.82, 2.24) is 0 Å². The molecule has 0 aromatic rings. The second-order valence-corrected chi connectivity index (χ2v) is 5.58. The average molecular weight is 228 g/mol. The number of carboxylic acid groups (broad SMARTS) is 1. The van der Waals surface area contributed by atoms with Crippen LogP contribution in [0.1, 0.15) is 15.2 Å². The van der Waals surface area contributed by atoms with Crippen molar-refractivity contribution < 1.29 is 11.3 Å². The summed E-state index contributed by atoms with van der Waals surface area (Å²) >= 11 is 1.29. The molecule has 0 radical (unpaired) electrons. The maximum absolute atomic E-state index is 10.8. The fourth-order valence-corrected chi connectivity index (χ4v) is 2.10. The summed E-state index contributed by atoms with van der Waals surface area (Å²) in [4.78, 5) is 10.8.